The summed E-state index contributed by atoms with van der Waals surface area (Å²) in [4.78, 5) is 12.8. The number of hydrogen-bond donors (Lipinski definition) is 3. The van der Waals surface area contributed by atoms with E-state index in [1.54, 1.807) is 6.07 Å². The number of hydrogen-bond acceptors (Lipinski definition) is 5. The van der Waals surface area contributed by atoms with Gasteiger partial charge in [0.2, 0.25) is 0 Å². The van der Waals surface area contributed by atoms with E-state index in [1.807, 2.05) is 29.0 Å². The van der Waals surface area contributed by atoms with Crippen molar-refractivity contribution in [1.82, 2.24) is 20.4 Å². The van der Waals surface area contributed by atoms with Gasteiger partial charge in [0.1, 0.15) is 11.5 Å². The van der Waals surface area contributed by atoms with Crippen molar-refractivity contribution in [3.8, 4) is 0 Å². The Bertz CT molecular complexity index is 1380. The summed E-state index contributed by atoms with van der Waals surface area (Å²) in [7, 11) is 0. The van der Waals surface area contributed by atoms with E-state index in [1.165, 1.54) is 12.1 Å². The molecule has 0 saturated heterocycles. The maximum atomic E-state index is 14.4. The van der Waals surface area contributed by atoms with E-state index in [2.05, 4.69) is 15.8 Å². The molecule has 30 heavy (non-hydrogen) atoms. The van der Waals surface area contributed by atoms with E-state index in [9.17, 15) is 14.3 Å². The molecule has 1 atom stereocenters. The van der Waals surface area contributed by atoms with Crippen LogP contribution in [0.1, 0.15) is 16.8 Å². The van der Waals surface area contributed by atoms with Gasteiger partial charge in [0.25, 0.3) is 5.91 Å². The van der Waals surface area contributed by atoms with E-state index >= 15 is 0 Å². The molecule has 3 N–H and O–H groups in total. The number of amides is 1. The van der Waals surface area contributed by atoms with Crippen LogP contribution in [0, 0.1) is 5.82 Å². The lowest BCUT2D eigenvalue weighted by Gasteiger charge is -2.09. The Morgan fingerprint density at radius 3 is 3.00 bits per heavy atom. The molecule has 0 aliphatic carbocycles. The third-order valence-corrected chi connectivity index (χ3v) is 5.80. The van der Waals surface area contributed by atoms with Crippen molar-refractivity contribution < 1.29 is 18.8 Å². The van der Waals surface area contributed by atoms with E-state index < -0.39 is 12.1 Å². The normalized spacial score (nSPS) is 19.0. The molecule has 0 fully saturated rings. The monoisotopic (exact) mass is 404 g/mol. The Labute approximate surface area is 169 Å². The van der Waals surface area contributed by atoms with Crippen LogP contribution in [0.3, 0.4) is 0 Å². The Morgan fingerprint density at radius 1 is 1.23 bits per heavy atom. The van der Waals surface area contributed by atoms with Gasteiger partial charge in [-0.25, -0.2) is 4.39 Å². The first-order valence-corrected chi connectivity index (χ1v) is 9.72. The Balaban J connectivity index is 1.68. The van der Waals surface area contributed by atoms with Gasteiger partial charge in [-0.15, -0.1) is 0 Å². The first-order chi connectivity index (χ1) is 14.6. The van der Waals surface area contributed by atoms with E-state index in [0.29, 0.717) is 46.3 Å². The molecule has 0 saturated carbocycles. The van der Waals surface area contributed by atoms with Gasteiger partial charge in [-0.1, -0.05) is 17.3 Å². The summed E-state index contributed by atoms with van der Waals surface area (Å²) in [6, 6.07) is 10.2. The SMILES string of the molecule is O=C1NC(O)C(c2cn3c4c(cc(F)cc24)CNCC3)=C1c1noc2ccccc12. The Hall–Kier alpha value is -3.49. The molecule has 4 heterocycles. The number of aromatic nitrogens is 2. The molecule has 1 amide bonds. The molecule has 0 bridgehead atoms. The molecule has 8 heteroatoms. The molecular weight excluding hydrogens is 387 g/mol. The number of para-hydroxylation sites is 1. The van der Waals surface area contributed by atoms with E-state index in [-0.39, 0.29) is 11.4 Å². The third kappa shape index (κ3) is 2.38. The summed E-state index contributed by atoms with van der Waals surface area (Å²) in [6.07, 6.45) is 0.650. The minimum atomic E-state index is -1.23. The van der Waals surface area contributed by atoms with Crippen LogP contribution >= 0.6 is 0 Å². The van der Waals surface area contributed by atoms with Gasteiger partial charge >= 0.3 is 0 Å². The summed E-state index contributed by atoms with van der Waals surface area (Å²) in [5.41, 5.74) is 3.89. The molecule has 2 aliphatic heterocycles. The lowest BCUT2D eigenvalue weighted by atomic mass is 9.96. The second-order valence-corrected chi connectivity index (χ2v) is 7.57. The zero-order chi connectivity index (χ0) is 20.4. The summed E-state index contributed by atoms with van der Waals surface area (Å²) < 4.78 is 21.9. The molecule has 0 spiro atoms. The molecule has 7 nitrogen and oxygen atoms in total. The van der Waals surface area contributed by atoms with Crippen molar-refractivity contribution in [2.24, 2.45) is 0 Å². The highest BCUT2D eigenvalue weighted by Crippen LogP contribution is 2.40. The quantitative estimate of drug-likeness (QED) is 0.477. The predicted molar refractivity (Wildman–Crippen MR) is 109 cm³/mol. The zero-order valence-electron chi connectivity index (χ0n) is 15.8. The van der Waals surface area contributed by atoms with Crippen LogP contribution in [-0.4, -0.2) is 33.5 Å². The Morgan fingerprint density at radius 2 is 2.10 bits per heavy atom. The van der Waals surface area contributed by atoms with Crippen molar-refractivity contribution >= 4 is 38.9 Å². The number of nitrogens with one attached hydrogen (secondary N) is 2. The highest BCUT2D eigenvalue weighted by atomic mass is 19.1. The van der Waals surface area contributed by atoms with Crippen molar-refractivity contribution in [1.29, 1.82) is 0 Å². The van der Waals surface area contributed by atoms with Crippen molar-refractivity contribution in [3.05, 3.63) is 65.2 Å². The maximum Gasteiger partial charge on any atom is 0.256 e. The smallest absolute Gasteiger partial charge is 0.256 e. The van der Waals surface area contributed by atoms with Gasteiger partial charge in [0, 0.05) is 47.7 Å². The summed E-state index contributed by atoms with van der Waals surface area (Å²) >= 11 is 0. The Kier molecular flexibility index (Phi) is 3.62. The largest absolute Gasteiger partial charge is 0.369 e. The van der Waals surface area contributed by atoms with Gasteiger partial charge in [0.15, 0.2) is 11.8 Å². The van der Waals surface area contributed by atoms with E-state index in [0.717, 1.165) is 17.6 Å². The van der Waals surface area contributed by atoms with Crippen LogP contribution in [0.25, 0.3) is 33.0 Å². The average Bonchev–Trinajstić information content (AvgIpc) is 3.33. The number of fused-ring (bicyclic) bond motifs is 1. The summed E-state index contributed by atoms with van der Waals surface area (Å²) in [5, 5.41) is 22.0. The van der Waals surface area contributed by atoms with Gasteiger partial charge in [-0.2, -0.15) is 0 Å². The van der Waals surface area contributed by atoms with Crippen LogP contribution < -0.4 is 10.6 Å². The summed E-state index contributed by atoms with van der Waals surface area (Å²) in [5.74, 6) is -0.802. The van der Waals surface area contributed by atoms with Gasteiger partial charge in [0.05, 0.1) is 11.1 Å². The second kappa shape index (κ2) is 6.25. The number of aliphatic hydroxyl groups excluding tert-OH is 1. The van der Waals surface area contributed by atoms with Gasteiger partial charge in [-0.05, 0) is 29.8 Å². The fraction of sp³-hybridized carbons (Fsp3) is 0.182. The van der Waals surface area contributed by atoms with Crippen molar-refractivity contribution in [2.75, 3.05) is 6.54 Å². The zero-order valence-corrected chi connectivity index (χ0v) is 15.8. The third-order valence-electron chi connectivity index (χ3n) is 5.80. The van der Waals surface area contributed by atoms with Crippen LogP contribution in [-0.2, 0) is 17.9 Å². The lowest BCUT2D eigenvalue weighted by molar-refractivity contribution is -0.116. The number of aliphatic hydroxyl groups is 1. The number of carbonyl (C=O) groups is 1. The van der Waals surface area contributed by atoms with Gasteiger partial charge < -0.3 is 24.8 Å². The second-order valence-electron chi connectivity index (χ2n) is 7.57. The minimum absolute atomic E-state index is 0.243. The molecule has 150 valence electrons. The average molecular weight is 404 g/mol. The minimum Gasteiger partial charge on any atom is -0.369 e. The van der Waals surface area contributed by atoms with Crippen molar-refractivity contribution in [2.45, 2.75) is 19.3 Å². The van der Waals surface area contributed by atoms with Crippen LogP contribution in [0.15, 0.2) is 47.1 Å². The molecule has 1 unspecified atom stereocenters. The van der Waals surface area contributed by atoms with Crippen LogP contribution in [0.4, 0.5) is 4.39 Å². The van der Waals surface area contributed by atoms with Crippen molar-refractivity contribution in [3.63, 3.8) is 0 Å². The van der Waals surface area contributed by atoms with Crippen LogP contribution in [0.2, 0.25) is 0 Å². The molecule has 4 aromatic rings. The first-order valence-electron chi connectivity index (χ1n) is 9.72. The van der Waals surface area contributed by atoms with Gasteiger partial charge in [-0.3, -0.25) is 4.79 Å². The lowest BCUT2D eigenvalue weighted by Crippen LogP contribution is -2.27. The summed E-state index contributed by atoms with van der Waals surface area (Å²) in [6.45, 7) is 1.98. The number of carbonyl (C=O) groups excluding carboxylic acids is 1. The maximum absolute atomic E-state index is 14.4. The molecule has 6 rings (SSSR count). The molecule has 0 radical (unpaired) electrons. The van der Waals surface area contributed by atoms with Crippen LogP contribution in [0.5, 0.6) is 0 Å². The molecular formula is C22H17FN4O3. The molecule has 2 aromatic carbocycles. The topological polar surface area (TPSA) is 92.3 Å². The molecule has 2 aliphatic rings. The fourth-order valence-electron chi connectivity index (χ4n) is 4.55. The number of benzene rings is 2. The molecule has 2 aromatic heterocycles. The number of halogens is 1. The highest BCUT2D eigenvalue weighted by Gasteiger charge is 2.36. The standard InChI is InChI=1S/C22H17FN4O3/c23-12-7-11-9-24-5-6-27-10-15(14(8-12)20(11)27)17-18(22(29)25-21(17)28)19-13-3-1-2-4-16(13)30-26-19/h1-4,7-8,10,21,24,28H,5-6,9H2,(H,25,29). The number of rotatable bonds is 2. The number of nitrogens with zero attached hydrogens (tertiary/aromatic N) is 2. The predicted octanol–water partition coefficient (Wildman–Crippen LogP) is 2.38. The first kappa shape index (κ1) is 17.4. The highest BCUT2D eigenvalue weighted by molar-refractivity contribution is 6.33. The van der Waals surface area contributed by atoms with E-state index in [4.69, 9.17) is 4.52 Å². The fourth-order valence-corrected chi connectivity index (χ4v) is 4.55.